The van der Waals surface area contributed by atoms with Crippen LogP contribution in [0.3, 0.4) is 0 Å². The minimum atomic E-state index is -0.292. The van der Waals surface area contributed by atoms with E-state index in [1.165, 1.54) is 0 Å². The van der Waals surface area contributed by atoms with E-state index in [1.54, 1.807) is 0 Å². The lowest BCUT2D eigenvalue weighted by Gasteiger charge is -2.26. The SMILES string of the molecule is CCNC1(C#N)CCC(N(C)CCOCC)C1. The molecule has 0 aromatic carbocycles. The van der Waals surface area contributed by atoms with Crippen molar-refractivity contribution in [3.63, 3.8) is 0 Å². The van der Waals surface area contributed by atoms with Crippen LogP contribution in [-0.4, -0.2) is 49.8 Å². The van der Waals surface area contributed by atoms with Gasteiger partial charge in [0.1, 0.15) is 5.54 Å². The molecular formula is C13H25N3O. The van der Waals surface area contributed by atoms with Gasteiger partial charge in [0.05, 0.1) is 12.7 Å². The Morgan fingerprint density at radius 2 is 2.29 bits per heavy atom. The van der Waals surface area contributed by atoms with E-state index in [2.05, 4.69) is 30.3 Å². The first-order valence-corrected chi connectivity index (χ1v) is 6.61. The first kappa shape index (κ1) is 14.4. The predicted molar refractivity (Wildman–Crippen MR) is 68.8 cm³/mol. The zero-order valence-corrected chi connectivity index (χ0v) is 11.3. The third-order valence-corrected chi connectivity index (χ3v) is 3.63. The van der Waals surface area contributed by atoms with E-state index in [-0.39, 0.29) is 5.54 Å². The summed E-state index contributed by atoms with van der Waals surface area (Å²) in [4.78, 5) is 2.33. The molecule has 0 aromatic rings. The summed E-state index contributed by atoms with van der Waals surface area (Å²) in [5.41, 5.74) is -0.292. The van der Waals surface area contributed by atoms with Gasteiger partial charge in [0.2, 0.25) is 0 Å². The Morgan fingerprint density at radius 3 is 2.88 bits per heavy atom. The van der Waals surface area contributed by atoms with Crippen LogP contribution in [0.2, 0.25) is 0 Å². The summed E-state index contributed by atoms with van der Waals surface area (Å²) in [7, 11) is 2.13. The number of hydrogen-bond donors (Lipinski definition) is 1. The molecule has 0 heterocycles. The molecular weight excluding hydrogens is 214 g/mol. The van der Waals surface area contributed by atoms with Gasteiger partial charge >= 0.3 is 0 Å². The predicted octanol–water partition coefficient (Wildman–Crippen LogP) is 1.38. The average molecular weight is 239 g/mol. The van der Waals surface area contributed by atoms with Crippen LogP contribution in [0.4, 0.5) is 0 Å². The van der Waals surface area contributed by atoms with Crippen molar-refractivity contribution in [2.24, 2.45) is 0 Å². The van der Waals surface area contributed by atoms with Gasteiger partial charge in [-0.15, -0.1) is 0 Å². The van der Waals surface area contributed by atoms with Crippen molar-refractivity contribution in [1.82, 2.24) is 10.2 Å². The molecule has 1 N–H and O–H groups in total. The highest BCUT2D eigenvalue weighted by Crippen LogP contribution is 2.32. The molecule has 0 spiro atoms. The van der Waals surface area contributed by atoms with E-state index in [1.807, 2.05) is 6.92 Å². The van der Waals surface area contributed by atoms with Crippen LogP contribution >= 0.6 is 0 Å². The van der Waals surface area contributed by atoms with Gasteiger partial charge in [0.15, 0.2) is 0 Å². The number of nitriles is 1. The lowest BCUT2D eigenvalue weighted by atomic mass is 9.99. The molecule has 0 aromatic heterocycles. The molecule has 1 aliphatic rings. The maximum Gasteiger partial charge on any atom is 0.108 e. The van der Waals surface area contributed by atoms with Gasteiger partial charge in [-0.3, -0.25) is 5.32 Å². The van der Waals surface area contributed by atoms with Crippen molar-refractivity contribution in [3.05, 3.63) is 0 Å². The van der Waals surface area contributed by atoms with Crippen molar-refractivity contribution in [1.29, 1.82) is 5.26 Å². The number of hydrogen-bond acceptors (Lipinski definition) is 4. The Bertz CT molecular complexity index is 264. The summed E-state index contributed by atoms with van der Waals surface area (Å²) in [6.07, 6.45) is 2.99. The summed E-state index contributed by atoms with van der Waals surface area (Å²) < 4.78 is 5.37. The lowest BCUT2D eigenvalue weighted by molar-refractivity contribution is 0.107. The highest BCUT2D eigenvalue weighted by atomic mass is 16.5. The van der Waals surface area contributed by atoms with Gasteiger partial charge in [-0.1, -0.05) is 6.92 Å². The van der Waals surface area contributed by atoms with Gasteiger partial charge in [-0.25, -0.2) is 0 Å². The third kappa shape index (κ3) is 3.95. The maximum atomic E-state index is 9.31. The second-order valence-corrected chi connectivity index (χ2v) is 4.80. The highest BCUT2D eigenvalue weighted by Gasteiger charge is 2.39. The van der Waals surface area contributed by atoms with Crippen molar-refractivity contribution in [3.8, 4) is 6.07 Å². The van der Waals surface area contributed by atoms with Crippen molar-refractivity contribution < 1.29 is 4.74 Å². The quantitative estimate of drug-likeness (QED) is 0.682. The molecule has 1 aliphatic carbocycles. The molecule has 0 radical (unpaired) electrons. The monoisotopic (exact) mass is 239 g/mol. The summed E-state index contributed by atoms with van der Waals surface area (Å²) in [6.45, 7) is 7.45. The highest BCUT2D eigenvalue weighted by molar-refractivity contribution is 5.13. The van der Waals surface area contributed by atoms with Gasteiger partial charge in [-0.2, -0.15) is 5.26 Å². The topological polar surface area (TPSA) is 48.3 Å². The van der Waals surface area contributed by atoms with E-state index < -0.39 is 0 Å². The van der Waals surface area contributed by atoms with Crippen LogP contribution < -0.4 is 5.32 Å². The lowest BCUT2D eigenvalue weighted by Crippen LogP contribution is -2.43. The summed E-state index contributed by atoms with van der Waals surface area (Å²) in [5, 5.41) is 12.6. The minimum Gasteiger partial charge on any atom is -0.380 e. The molecule has 0 aliphatic heterocycles. The molecule has 0 saturated heterocycles. The summed E-state index contributed by atoms with van der Waals surface area (Å²) in [6, 6.07) is 2.97. The molecule has 1 saturated carbocycles. The molecule has 1 fully saturated rings. The number of nitrogens with one attached hydrogen (secondary N) is 1. The maximum absolute atomic E-state index is 9.31. The normalized spacial score (nSPS) is 28.5. The Kier molecular flexibility index (Phi) is 5.90. The van der Waals surface area contributed by atoms with Gasteiger partial charge in [-0.05, 0) is 39.8 Å². The third-order valence-electron chi connectivity index (χ3n) is 3.63. The molecule has 0 bridgehead atoms. The molecule has 98 valence electrons. The minimum absolute atomic E-state index is 0.292. The summed E-state index contributed by atoms with van der Waals surface area (Å²) >= 11 is 0. The van der Waals surface area contributed by atoms with Crippen LogP contribution in [-0.2, 0) is 4.74 Å². The van der Waals surface area contributed by atoms with Crippen molar-refractivity contribution in [2.45, 2.75) is 44.7 Å². The van der Waals surface area contributed by atoms with Crippen LogP contribution in [0.5, 0.6) is 0 Å². The first-order chi connectivity index (χ1) is 8.17. The second-order valence-electron chi connectivity index (χ2n) is 4.80. The Labute approximate surface area is 105 Å². The van der Waals surface area contributed by atoms with Crippen molar-refractivity contribution >= 4 is 0 Å². The van der Waals surface area contributed by atoms with Gasteiger partial charge < -0.3 is 9.64 Å². The van der Waals surface area contributed by atoms with E-state index in [0.29, 0.717) is 6.04 Å². The Balaban J connectivity index is 2.40. The molecule has 17 heavy (non-hydrogen) atoms. The van der Waals surface area contributed by atoms with Gasteiger partial charge in [0.25, 0.3) is 0 Å². The van der Waals surface area contributed by atoms with Gasteiger partial charge in [0, 0.05) is 19.2 Å². The van der Waals surface area contributed by atoms with E-state index in [4.69, 9.17) is 4.74 Å². The largest absolute Gasteiger partial charge is 0.380 e. The Hall–Kier alpha value is -0.630. The second kappa shape index (κ2) is 6.95. The van der Waals surface area contributed by atoms with E-state index in [9.17, 15) is 5.26 Å². The van der Waals surface area contributed by atoms with Crippen LogP contribution in [0.15, 0.2) is 0 Å². The molecule has 2 unspecified atom stereocenters. The molecule has 1 rings (SSSR count). The first-order valence-electron chi connectivity index (χ1n) is 6.61. The fourth-order valence-corrected chi connectivity index (χ4v) is 2.57. The standard InChI is InChI=1S/C13H25N3O/c1-4-15-13(11-14)7-6-12(10-13)16(3)8-9-17-5-2/h12,15H,4-10H2,1-3H3. The molecule has 2 atom stereocenters. The average Bonchev–Trinajstić information content (AvgIpc) is 2.75. The van der Waals surface area contributed by atoms with Crippen molar-refractivity contribution in [2.75, 3.05) is 33.4 Å². The van der Waals surface area contributed by atoms with E-state index in [0.717, 1.165) is 45.6 Å². The number of ether oxygens (including phenoxy) is 1. The number of nitrogens with zero attached hydrogens (tertiary/aromatic N) is 2. The molecule has 4 heteroatoms. The Morgan fingerprint density at radius 1 is 1.53 bits per heavy atom. The molecule has 4 nitrogen and oxygen atoms in total. The number of likely N-dealkylation sites (N-methyl/N-ethyl adjacent to an activating group) is 1. The zero-order chi connectivity index (χ0) is 12.7. The van der Waals surface area contributed by atoms with Crippen LogP contribution in [0.25, 0.3) is 0 Å². The molecule has 0 amide bonds. The van der Waals surface area contributed by atoms with Crippen LogP contribution in [0, 0.1) is 11.3 Å². The fourth-order valence-electron chi connectivity index (χ4n) is 2.57. The zero-order valence-electron chi connectivity index (χ0n) is 11.3. The van der Waals surface area contributed by atoms with E-state index >= 15 is 0 Å². The van der Waals surface area contributed by atoms with Crippen LogP contribution in [0.1, 0.15) is 33.1 Å². The number of rotatable bonds is 7. The smallest absolute Gasteiger partial charge is 0.108 e. The fraction of sp³-hybridized carbons (Fsp3) is 0.923. The summed E-state index contributed by atoms with van der Waals surface area (Å²) in [5.74, 6) is 0.